The van der Waals surface area contributed by atoms with Crippen LogP contribution in [0.25, 0.3) is 0 Å². The average molecular weight is 360 g/mol. The van der Waals surface area contributed by atoms with Crippen molar-refractivity contribution < 1.29 is 27.9 Å². The highest BCUT2D eigenvalue weighted by Gasteiger charge is 2.33. The number of carbonyl (C=O) groups is 2. The van der Waals surface area contributed by atoms with Gasteiger partial charge in [0.25, 0.3) is 0 Å². The number of aliphatic carboxylic acids is 1. The third kappa shape index (κ3) is 6.28. The molecule has 0 saturated heterocycles. The van der Waals surface area contributed by atoms with E-state index >= 15 is 0 Å². The van der Waals surface area contributed by atoms with E-state index in [9.17, 15) is 22.8 Å². The molecule has 0 bridgehead atoms. The van der Waals surface area contributed by atoms with E-state index < -0.39 is 35.2 Å². The Bertz CT molecular complexity index is 624. The highest BCUT2D eigenvalue weighted by atomic mass is 19.4. The van der Waals surface area contributed by atoms with Crippen molar-refractivity contribution >= 4 is 12.0 Å². The molecular weight excluding hydrogens is 337 g/mol. The van der Waals surface area contributed by atoms with Crippen LogP contribution in [-0.2, 0) is 11.0 Å². The number of rotatable bonds is 5. The Labute approximate surface area is 144 Å². The number of halogens is 3. The lowest BCUT2D eigenvalue weighted by Gasteiger charge is -2.33. The second-order valence-electron chi connectivity index (χ2n) is 6.94. The number of alkyl halides is 3. The predicted octanol–water partition coefficient (Wildman–Crippen LogP) is 3.91. The summed E-state index contributed by atoms with van der Waals surface area (Å²) in [7, 11) is 1.43. The van der Waals surface area contributed by atoms with Crippen molar-refractivity contribution in [2.45, 2.75) is 39.4 Å². The van der Waals surface area contributed by atoms with Crippen molar-refractivity contribution in [1.29, 1.82) is 0 Å². The first kappa shape index (κ1) is 20.8. The van der Waals surface area contributed by atoms with Crippen LogP contribution in [-0.4, -0.2) is 35.6 Å². The molecule has 25 heavy (non-hydrogen) atoms. The highest BCUT2D eigenvalue weighted by molar-refractivity contribution is 5.75. The number of benzene rings is 1. The Hall–Kier alpha value is -2.25. The minimum Gasteiger partial charge on any atom is -0.481 e. The molecule has 140 valence electrons. The quantitative estimate of drug-likeness (QED) is 0.836. The third-order valence-electron chi connectivity index (χ3n) is 3.69. The minimum atomic E-state index is -4.47. The summed E-state index contributed by atoms with van der Waals surface area (Å²) in [5.74, 6) is -1.04. The largest absolute Gasteiger partial charge is 0.481 e. The van der Waals surface area contributed by atoms with Crippen LogP contribution in [0.5, 0.6) is 0 Å². The summed E-state index contributed by atoms with van der Waals surface area (Å²) in [5.41, 5.74) is -0.997. The molecule has 5 nitrogen and oxygen atoms in total. The fraction of sp³-hybridized carbons (Fsp3) is 0.529. The molecule has 1 aromatic rings. The van der Waals surface area contributed by atoms with Gasteiger partial charge in [0.2, 0.25) is 0 Å². The van der Waals surface area contributed by atoms with Crippen LogP contribution in [0.3, 0.4) is 0 Å². The fourth-order valence-corrected chi connectivity index (χ4v) is 2.29. The number of amides is 2. The second-order valence-corrected chi connectivity index (χ2v) is 6.94. The normalized spacial score (nSPS) is 13.2. The SMILES string of the molecule is CN(CCC(=O)O)C(=O)NC(c1cccc(C(F)(F)F)c1)C(C)(C)C. The maximum Gasteiger partial charge on any atom is 0.416 e. The predicted molar refractivity (Wildman–Crippen MR) is 87.1 cm³/mol. The van der Waals surface area contributed by atoms with E-state index in [0.29, 0.717) is 5.56 Å². The second kappa shape index (κ2) is 7.76. The Morgan fingerprint density at radius 1 is 1.24 bits per heavy atom. The number of carboxylic acids is 1. The molecule has 2 amide bonds. The van der Waals surface area contributed by atoms with Crippen LogP contribution in [0.1, 0.15) is 44.4 Å². The zero-order valence-electron chi connectivity index (χ0n) is 14.6. The molecule has 0 saturated carbocycles. The molecule has 1 rings (SSSR count). The maximum atomic E-state index is 12.9. The smallest absolute Gasteiger partial charge is 0.416 e. The minimum absolute atomic E-state index is 0.000615. The molecule has 0 spiro atoms. The molecule has 0 fully saturated rings. The van der Waals surface area contributed by atoms with Gasteiger partial charge >= 0.3 is 18.2 Å². The lowest BCUT2D eigenvalue weighted by molar-refractivity contribution is -0.138. The van der Waals surface area contributed by atoms with Gasteiger partial charge in [-0.25, -0.2) is 4.79 Å². The standard InChI is InChI=1S/C17H23F3N2O3/c1-16(2,3)14(21-15(25)22(4)9-8-13(23)24)11-6-5-7-12(10-11)17(18,19)20/h5-7,10,14H,8-9H2,1-4H3,(H,21,25)(H,23,24). The summed E-state index contributed by atoms with van der Waals surface area (Å²) in [6.45, 7) is 5.40. The van der Waals surface area contributed by atoms with Crippen LogP contribution in [0.4, 0.5) is 18.0 Å². The van der Waals surface area contributed by atoms with Crippen LogP contribution < -0.4 is 5.32 Å². The Kier molecular flexibility index (Phi) is 6.45. The molecule has 0 aliphatic carbocycles. The number of carbonyl (C=O) groups excluding carboxylic acids is 1. The zero-order chi connectivity index (χ0) is 19.4. The van der Waals surface area contributed by atoms with Gasteiger partial charge in [-0.1, -0.05) is 32.9 Å². The maximum absolute atomic E-state index is 12.9. The van der Waals surface area contributed by atoms with E-state index in [0.717, 1.165) is 12.1 Å². The van der Waals surface area contributed by atoms with E-state index in [1.54, 1.807) is 20.8 Å². The first-order valence-corrected chi connectivity index (χ1v) is 7.73. The monoisotopic (exact) mass is 360 g/mol. The molecule has 0 aliphatic heterocycles. The average Bonchev–Trinajstić information content (AvgIpc) is 2.48. The molecule has 2 N–H and O–H groups in total. The molecular formula is C17H23F3N2O3. The fourth-order valence-electron chi connectivity index (χ4n) is 2.29. The van der Waals surface area contributed by atoms with Crippen LogP contribution in [0.2, 0.25) is 0 Å². The van der Waals surface area contributed by atoms with Gasteiger partial charge in [-0.15, -0.1) is 0 Å². The van der Waals surface area contributed by atoms with Gasteiger partial charge in [0.05, 0.1) is 18.0 Å². The molecule has 0 heterocycles. The van der Waals surface area contributed by atoms with Crippen molar-refractivity contribution in [1.82, 2.24) is 10.2 Å². The molecule has 1 aromatic carbocycles. The Morgan fingerprint density at radius 2 is 1.84 bits per heavy atom. The summed E-state index contributed by atoms with van der Waals surface area (Å²) in [6, 6.07) is 3.62. The highest BCUT2D eigenvalue weighted by Crippen LogP contribution is 2.36. The first-order valence-electron chi connectivity index (χ1n) is 7.73. The number of hydrogen-bond acceptors (Lipinski definition) is 2. The molecule has 0 radical (unpaired) electrons. The van der Waals surface area contributed by atoms with E-state index in [1.807, 2.05) is 0 Å². The Balaban J connectivity index is 3.04. The molecule has 0 aromatic heterocycles. The summed E-state index contributed by atoms with van der Waals surface area (Å²) >= 11 is 0. The number of urea groups is 1. The van der Waals surface area contributed by atoms with Gasteiger partial charge in [0.1, 0.15) is 0 Å². The van der Waals surface area contributed by atoms with E-state index in [4.69, 9.17) is 5.11 Å². The van der Waals surface area contributed by atoms with Crippen molar-refractivity contribution in [3.63, 3.8) is 0 Å². The molecule has 1 unspecified atom stereocenters. The lowest BCUT2D eigenvalue weighted by atomic mass is 9.82. The summed E-state index contributed by atoms with van der Waals surface area (Å²) in [4.78, 5) is 24.1. The summed E-state index contributed by atoms with van der Waals surface area (Å²) in [6.07, 6.45) is -4.69. The number of carboxylic acid groups (broad SMARTS) is 1. The lowest BCUT2D eigenvalue weighted by Crippen LogP contribution is -2.44. The summed E-state index contributed by atoms with van der Waals surface area (Å²) in [5, 5.41) is 11.4. The van der Waals surface area contributed by atoms with Crippen molar-refractivity contribution in [3.8, 4) is 0 Å². The molecule has 1 atom stereocenters. The van der Waals surface area contributed by atoms with Gasteiger partial charge in [0.15, 0.2) is 0 Å². The topological polar surface area (TPSA) is 69.6 Å². The van der Waals surface area contributed by atoms with Crippen molar-refractivity contribution in [2.24, 2.45) is 5.41 Å². The van der Waals surface area contributed by atoms with Gasteiger partial charge in [-0.05, 0) is 23.1 Å². The summed E-state index contributed by atoms with van der Waals surface area (Å²) < 4.78 is 38.8. The van der Waals surface area contributed by atoms with Crippen LogP contribution in [0, 0.1) is 5.41 Å². The first-order chi connectivity index (χ1) is 11.3. The van der Waals surface area contributed by atoms with Gasteiger partial charge < -0.3 is 15.3 Å². The van der Waals surface area contributed by atoms with Crippen molar-refractivity contribution in [2.75, 3.05) is 13.6 Å². The van der Waals surface area contributed by atoms with E-state index in [1.165, 1.54) is 24.1 Å². The van der Waals surface area contributed by atoms with Gasteiger partial charge in [-0.2, -0.15) is 13.2 Å². The van der Waals surface area contributed by atoms with Crippen molar-refractivity contribution in [3.05, 3.63) is 35.4 Å². The number of nitrogens with zero attached hydrogens (tertiary/aromatic N) is 1. The Morgan fingerprint density at radius 3 is 2.32 bits per heavy atom. The van der Waals surface area contributed by atoms with Crippen LogP contribution >= 0.6 is 0 Å². The van der Waals surface area contributed by atoms with E-state index in [-0.39, 0.29) is 13.0 Å². The van der Waals surface area contributed by atoms with Gasteiger partial charge in [-0.3, -0.25) is 4.79 Å². The van der Waals surface area contributed by atoms with Gasteiger partial charge in [0, 0.05) is 13.6 Å². The molecule has 0 aliphatic rings. The third-order valence-corrected chi connectivity index (χ3v) is 3.69. The zero-order valence-corrected chi connectivity index (χ0v) is 14.6. The molecule has 8 heteroatoms. The van der Waals surface area contributed by atoms with Crippen LogP contribution in [0.15, 0.2) is 24.3 Å². The number of hydrogen-bond donors (Lipinski definition) is 2. The number of nitrogens with one attached hydrogen (secondary N) is 1. The van der Waals surface area contributed by atoms with E-state index in [2.05, 4.69) is 5.32 Å².